The molecule has 1 saturated heterocycles. The maximum absolute atomic E-state index is 11.8. The lowest BCUT2D eigenvalue weighted by Gasteiger charge is -2.27. The van der Waals surface area contributed by atoms with Gasteiger partial charge in [-0.2, -0.15) is 0 Å². The van der Waals surface area contributed by atoms with Gasteiger partial charge in [0.05, 0.1) is 12.7 Å². The largest absolute Gasteiger partial charge is 0.378 e. The molecular weight excluding hydrogens is 228 g/mol. The van der Waals surface area contributed by atoms with Gasteiger partial charge in [0.2, 0.25) is 5.91 Å². The van der Waals surface area contributed by atoms with Crippen LogP contribution in [0.1, 0.15) is 46.0 Å². The van der Waals surface area contributed by atoms with Crippen LogP contribution in [0.4, 0.5) is 0 Å². The number of amides is 1. The van der Waals surface area contributed by atoms with E-state index in [1.165, 1.54) is 12.8 Å². The van der Waals surface area contributed by atoms with Gasteiger partial charge in [0.25, 0.3) is 0 Å². The summed E-state index contributed by atoms with van der Waals surface area (Å²) in [6.45, 7) is 6.86. The first-order valence-electron chi connectivity index (χ1n) is 7.21. The molecule has 1 saturated carbocycles. The SMILES string of the molecule is CC(C)(NC(=O)CCOC1CCNCC1)C1CC1. The molecule has 0 aromatic heterocycles. The fourth-order valence-electron chi connectivity index (χ4n) is 2.61. The minimum atomic E-state index is -0.0359. The summed E-state index contributed by atoms with van der Waals surface area (Å²) in [4.78, 5) is 11.8. The van der Waals surface area contributed by atoms with Crippen LogP contribution in [0.25, 0.3) is 0 Å². The fraction of sp³-hybridized carbons (Fsp3) is 0.929. The van der Waals surface area contributed by atoms with E-state index in [1.54, 1.807) is 0 Å². The van der Waals surface area contributed by atoms with Gasteiger partial charge < -0.3 is 15.4 Å². The van der Waals surface area contributed by atoms with Crippen LogP contribution in [0.5, 0.6) is 0 Å². The third-order valence-electron chi connectivity index (χ3n) is 4.03. The molecule has 0 aromatic carbocycles. The Morgan fingerprint density at radius 3 is 2.56 bits per heavy atom. The summed E-state index contributed by atoms with van der Waals surface area (Å²) in [5.41, 5.74) is -0.0359. The van der Waals surface area contributed by atoms with Crippen LogP contribution >= 0.6 is 0 Å². The minimum absolute atomic E-state index is 0.0359. The molecule has 2 fully saturated rings. The van der Waals surface area contributed by atoms with Crippen molar-refractivity contribution in [2.75, 3.05) is 19.7 Å². The molecule has 1 heterocycles. The van der Waals surface area contributed by atoms with E-state index in [2.05, 4.69) is 24.5 Å². The smallest absolute Gasteiger partial charge is 0.222 e. The number of hydrogen-bond acceptors (Lipinski definition) is 3. The second-order valence-corrected chi connectivity index (χ2v) is 6.11. The average molecular weight is 254 g/mol. The summed E-state index contributed by atoms with van der Waals surface area (Å²) in [6, 6.07) is 0. The molecule has 104 valence electrons. The topological polar surface area (TPSA) is 50.4 Å². The maximum atomic E-state index is 11.8. The van der Waals surface area contributed by atoms with Gasteiger partial charge in [0, 0.05) is 12.0 Å². The molecule has 0 atom stereocenters. The lowest BCUT2D eigenvalue weighted by atomic mass is 9.98. The van der Waals surface area contributed by atoms with E-state index >= 15 is 0 Å². The van der Waals surface area contributed by atoms with E-state index in [-0.39, 0.29) is 11.4 Å². The Kier molecular flexibility index (Phi) is 4.62. The second-order valence-electron chi connectivity index (χ2n) is 6.11. The molecule has 2 aliphatic rings. The molecule has 1 aliphatic heterocycles. The van der Waals surface area contributed by atoms with Crippen LogP contribution in [0.15, 0.2) is 0 Å². The quantitative estimate of drug-likeness (QED) is 0.754. The standard InChI is InChI=1S/C14H26N2O2/c1-14(2,11-3-4-11)16-13(17)7-10-18-12-5-8-15-9-6-12/h11-12,15H,3-10H2,1-2H3,(H,16,17). The first-order chi connectivity index (χ1) is 8.58. The van der Waals surface area contributed by atoms with Crippen LogP contribution in [0.3, 0.4) is 0 Å². The zero-order valence-electron chi connectivity index (χ0n) is 11.6. The zero-order valence-corrected chi connectivity index (χ0v) is 11.6. The summed E-state index contributed by atoms with van der Waals surface area (Å²) in [5.74, 6) is 0.799. The van der Waals surface area contributed by atoms with Gasteiger partial charge in [-0.1, -0.05) is 0 Å². The molecule has 0 aromatic rings. The van der Waals surface area contributed by atoms with E-state index < -0.39 is 0 Å². The van der Waals surface area contributed by atoms with Crippen molar-refractivity contribution in [2.24, 2.45) is 5.92 Å². The maximum Gasteiger partial charge on any atom is 0.222 e. The molecule has 0 radical (unpaired) electrons. The van der Waals surface area contributed by atoms with Gasteiger partial charge in [-0.3, -0.25) is 4.79 Å². The molecule has 1 amide bonds. The van der Waals surface area contributed by atoms with Gasteiger partial charge in [-0.15, -0.1) is 0 Å². The van der Waals surface area contributed by atoms with Crippen molar-refractivity contribution in [1.29, 1.82) is 0 Å². The van der Waals surface area contributed by atoms with Crippen LogP contribution in [0, 0.1) is 5.92 Å². The number of carbonyl (C=O) groups is 1. The van der Waals surface area contributed by atoms with Crippen LogP contribution in [-0.2, 0) is 9.53 Å². The van der Waals surface area contributed by atoms with Gasteiger partial charge >= 0.3 is 0 Å². The minimum Gasteiger partial charge on any atom is -0.378 e. The lowest BCUT2D eigenvalue weighted by Crippen LogP contribution is -2.45. The van der Waals surface area contributed by atoms with Crippen molar-refractivity contribution in [2.45, 2.75) is 57.6 Å². The Labute approximate surface area is 110 Å². The normalized spacial score (nSPS) is 21.9. The van der Waals surface area contributed by atoms with Gasteiger partial charge in [0.1, 0.15) is 0 Å². The highest BCUT2D eigenvalue weighted by molar-refractivity contribution is 5.76. The number of ether oxygens (including phenoxy) is 1. The number of rotatable bonds is 6. The summed E-state index contributed by atoms with van der Waals surface area (Å²) in [7, 11) is 0. The number of nitrogens with one attached hydrogen (secondary N) is 2. The fourth-order valence-corrected chi connectivity index (χ4v) is 2.61. The van der Waals surface area contributed by atoms with Gasteiger partial charge in [-0.25, -0.2) is 0 Å². The molecule has 4 heteroatoms. The first-order valence-corrected chi connectivity index (χ1v) is 7.21. The van der Waals surface area contributed by atoms with Crippen LogP contribution in [0.2, 0.25) is 0 Å². The third kappa shape index (κ3) is 4.25. The summed E-state index contributed by atoms with van der Waals surface area (Å²) in [6.07, 6.45) is 5.46. The summed E-state index contributed by atoms with van der Waals surface area (Å²) < 4.78 is 5.74. The van der Waals surface area contributed by atoms with Crippen molar-refractivity contribution >= 4 is 5.91 Å². The van der Waals surface area contributed by atoms with Gasteiger partial charge in [0.15, 0.2) is 0 Å². The molecule has 0 bridgehead atoms. The van der Waals surface area contributed by atoms with Crippen molar-refractivity contribution in [1.82, 2.24) is 10.6 Å². The predicted molar refractivity (Wildman–Crippen MR) is 71.4 cm³/mol. The van der Waals surface area contributed by atoms with Crippen molar-refractivity contribution in [3.8, 4) is 0 Å². The summed E-state index contributed by atoms with van der Waals surface area (Å²) in [5, 5.41) is 6.43. The highest BCUT2D eigenvalue weighted by atomic mass is 16.5. The van der Waals surface area contributed by atoms with E-state index in [4.69, 9.17) is 4.74 Å². The van der Waals surface area contributed by atoms with Crippen molar-refractivity contribution in [3.63, 3.8) is 0 Å². The molecule has 2 rings (SSSR count). The van der Waals surface area contributed by atoms with Crippen molar-refractivity contribution in [3.05, 3.63) is 0 Å². The Hall–Kier alpha value is -0.610. The third-order valence-corrected chi connectivity index (χ3v) is 4.03. The molecule has 1 aliphatic carbocycles. The molecule has 0 spiro atoms. The average Bonchev–Trinajstić information content (AvgIpc) is 3.13. The molecule has 4 nitrogen and oxygen atoms in total. The van der Waals surface area contributed by atoms with E-state index in [1.807, 2.05) is 0 Å². The Morgan fingerprint density at radius 2 is 1.94 bits per heavy atom. The first kappa shape index (κ1) is 13.8. The molecule has 2 N–H and O–H groups in total. The Balaban J connectivity index is 1.59. The Bertz CT molecular complexity index is 282. The highest BCUT2D eigenvalue weighted by Crippen LogP contribution is 2.39. The van der Waals surface area contributed by atoms with E-state index in [0.29, 0.717) is 25.0 Å². The summed E-state index contributed by atoms with van der Waals surface area (Å²) >= 11 is 0. The highest BCUT2D eigenvalue weighted by Gasteiger charge is 2.38. The second kappa shape index (κ2) is 6.02. The number of hydrogen-bond donors (Lipinski definition) is 2. The van der Waals surface area contributed by atoms with Crippen molar-refractivity contribution < 1.29 is 9.53 Å². The van der Waals surface area contributed by atoms with Crippen LogP contribution in [-0.4, -0.2) is 37.2 Å². The monoisotopic (exact) mass is 254 g/mol. The molecule has 18 heavy (non-hydrogen) atoms. The molecule has 0 unspecified atom stereocenters. The lowest BCUT2D eigenvalue weighted by molar-refractivity contribution is -0.124. The van der Waals surface area contributed by atoms with Crippen LogP contribution < -0.4 is 10.6 Å². The Morgan fingerprint density at radius 1 is 1.28 bits per heavy atom. The van der Waals surface area contributed by atoms with Gasteiger partial charge in [-0.05, 0) is 58.5 Å². The number of carbonyl (C=O) groups excluding carboxylic acids is 1. The van der Waals surface area contributed by atoms with E-state index in [9.17, 15) is 4.79 Å². The number of piperidine rings is 1. The predicted octanol–water partition coefficient (Wildman–Crippen LogP) is 1.45. The zero-order chi connectivity index (χ0) is 13.0. The van der Waals surface area contributed by atoms with E-state index in [0.717, 1.165) is 25.9 Å². The molecular formula is C14H26N2O2.